The number of carbonyl (C=O) groups excluding carboxylic acids is 6. The fourth-order valence-corrected chi connectivity index (χ4v) is 5.43. The minimum atomic E-state index is -1.40. The van der Waals surface area contributed by atoms with E-state index >= 15 is 0 Å². The molecule has 0 saturated heterocycles. The molecule has 2 aliphatic carbocycles. The van der Waals surface area contributed by atoms with Crippen LogP contribution >= 0.6 is 0 Å². The SMILES string of the molecule is C=CC1CC1(C(=O)OC)C(=O)OCCOC(=O)NC(C)(C)c1cccc(C(C)(C)NC(=O)OCCOC(=O)C2(C(=O)OC)CC2C=C)c1. The molecule has 48 heavy (non-hydrogen) atoms. The number of nitrogens with one attached hydrogen (secondary N) is 2. The lowest BCUT2D eigenvalue weighted by molar-refractivity contribution is -0.165. The minimum absolute atomic E-state index is 0.247. The Labute approximate surface area is 279 Å². The van der Waals surface area contributed by atoms with Gasteiger partial charge in [0.05, 0.1) is 25.3 Å². The van der Waals surface area contributed by atoms with Gasteiger partial charge < -0.3 is 39.1 Å². The standard InChI is InChI=1S/C34H44N2O12/c1-9-21-19-33(21,25(37)43-7)27(39)45-14-16-47-29(41)35-31(3,4)23-12-11-13-24(18-23)32(5,6)36-30(42)48-17-15-46-28(40)34(26(38)44-8)20-22(34)10-2/h9-13,18,21-22H,1-2,14-17,19-20H2,3-8H3,(H,35,41)(H,36,42). The van der Waals surface area contributed by atoms with Crippen molar-refractivity contribution in [2.75, 3.05) is 40.6 Å². The highest BCUT2D eigenvalue weighted by atomic mass is 16.6. The van der Waals surface area contributed by atoms with Gasteiger partial charge in [-0.05, 0) is 51.7 Å². The molecule has 262 valence electrons. The number of hydrogen-bond acceptors (Lipinski definition) is 12. The summed E-state index contributed by atoms with van der Waals surface area (Å²) in [6.45, 7) is 13.3. The Kier molecular flexibility index (Phi) is 11.7. The topological polar surface area (TPSA) is 182 Å². The Morgan fingerprint density at radius 1 is 0.688 bits per heavy atom. The molecule has 2 amide bonds. The molecular formula is C34H44N2O12. The van der Waals surface area contributed by atoms with Crippen LogP contribution in [-0.2, 0) is 58.7 Å². The maximum absolute atomic E-state index is 12.6. The van der Waals surface area contributed by atoms with Gasteiger partial charge in [0.15, 0.2) is 10.8 Å². The van der Waals surface area contributed by atoms with E-state index < -0.39 is 58.0 Å². The normalized spacial score (nSPS) is 22.5. The number of rotatable bonds is 16. The molecular weight excluding hydrogens is 628 g/mol. The van der Waals surface area contributed by atoms with Crippen molar-refractivity contribution in [1.82, 2.24) is 10.6 Å². The van der Waals surface area contributed by atoms with Crippen molar-refractivity contribution < 1.29 is 57.2 Å². The van der Waals surface area contributed by atoms with Crippen molar-refractivity contribution in [3.8, 4) is 0 Å². The van der Waals surface area contributed by atoms with E-state index in [4.69, 9.17) is 28.4 Å². The van der Waals surface area contributed by atoms with Crippen LogP contribution < -0.4 is 10.6 Å². The number of hydrogen-bond donors (Lipinski definition) is 2. The highest BCUT2D eigenvalue weighted by Gasteiger charge is 2.67. The third-order valence-electron chi connectivity index (χ3n) is 8.66. The van der Waals surface area contributed by atoms with Gasteiger partial charge in [-0.15, -0.1) is 13.2 Å². The zero-order valence-corrected chi connectivity index (χ0v) is 28.2. The van der Waals surface area contributed by atoms with E-state index in [-0.39, 0.29) is 51.1 Å². The van der Waals surface area contributed by atoms with E-state index in [9.17, 15) is 28.8 Å². The molecule has 2 N–H and O–H groups in total. The molecule has 3 rings (SSSR count). The van der Waals surface area contributed by atoms with Crippen LogP contribution in [0.25, 0.3) is 0 Å². The molecule has 1 aromatic carbocycles. The number of methoxy groups -OCH3 is 2. The zero-order valence-electron chi connectivity index (χ0n) is 28.2. The molecule has 4 atom stereocenters. The Bertz CT molecular complexity index is 1350. The van der Waals surface area contributed by atoms with Gasteiger partial charge in [0.2, 0.25) is 0 Å². The lowest BCUT2D eigenvalue weighted by atomic mass is 9.87. The summed E-state index contributed by atoms with van der Waals surface area (Å²) in [6.07, 6.45) is 1.97. The summed E-state index contributed by atoms with van der Waals surface area (Å²) in [7, 11) is 2.38. The van der Waals surface area contributed by atoms with Gasteiger partial charge >= 0.3 is 36.1 Å². The van der Waals surface area contributed by atoms with E-state index in [2.05, 4.69) is 23.8 Å². The monoisotopic (exact) mass is 672 g/mol. The second-order valence-electron chi connectivity index (χ2n) is 12.6. The highest BCUT2D eigenvalue weighted by molar-refractivity contribution is 6.04. The molecule has 0 aliphatic heterocycles. The van der Waals surface area contributed by atoms with Crippen molar-refractivity contribution in [2.24, 2.45) is 22.7 Å². The first kappa shape index (κ1) is 37.6. The van der Waals surface area contributed by atoms with Crippen LogP contribution in [0.15, 0.2) is 49.6 Å². The third-order valence-corrected chi connectivity index (χ3v) is 8.66. The van der Waals surface area contributed by atoms with Crippen LogP contribution in [0, 0.1) is 22.7 Å². The maximum Gasteiger partial charge on any atom is 0.407 e. The average molecular weight is 673 g/mol. The number of alkyl carbamates (subject to hydrolysis) is 2. The molecule has 14 heteroatoms. The molecule has 2 aliphatic rings. The summed E-state index contributed by atoms with van der Waals surface area (Å²) in [5, 5.41) is 5.53. The second kappa shape index (κ2) is 14.9. The summed E-state index contributed by atoms with van der Waals surface area (Å²) in [5.74, 6) is -3.65. The number of ether oxygens (including phenoxy) is 6. The van der Waals surface area contributed by atoms with Crippen LogP contribution in [0.3, 0.4) is 0 Å². The van der Waals surface area contributed by atoms with E-state index in [1.807, 2.05) is 0 Å². The van der Waals surface area contributed by atoms with Gasteiger partial charge in [0.1, 0.15) is 26.4 Å². The van der Waals surface area contributed by atoms with Crippen molar-refractivity contribution in [3.63, 3.8) is 0 Å². The predicted molar refractivity (Wildman–Crippen MR) is 169 cm³/mol. The first-order chi connectivity index (χ1) is 22.5. The molecule has 0 heterocycles. The van der Waals surface area contributed by atoms with Crippen molar-refractivity contribution in [3.05, 3.63) is 60.7 Å². The van der Waals surface area contributed by atoms with Crippen LogP contribution in [0.2, 0.25) is 0 Å². The summed E-state index contributed by atoms with van der Waals surface area (Å²) in [5.41, 5.74) is -3.25. The van der Waals surface area contributed by atoms with Crippen LogP contribution in [0.1, 0.15) is 51.7 Å². The number of benzene rings is 1. The largest absolute Gasteiger partial charge is 0.468 e. The second-order valence-corrected chi connectivity index (χ2v) is 12.6. The van der Waals surface area contributed by atoms with E-state index in [0.29, 0.717) is 11.1 Å². The summed E-state index contributed by atoms with van der Waals surface area (Å²) in [4.78, 5) is 74.4. The molecule has 14 nitrogen and oxygen atoms in total. The van der Waals surface area contributed by atoms with Gasteiger partial charge in [-0.25, -0.2) is 9.59 Å². The quantitative estimate of drug-likeness (QED) is 0.0860. The Balaban J connectivity index is 1.46. The van der Waals surface area contributed by atoms with Crippen LogP contribution in [0.4, 0.5) is 9.59 Å². The molecule has 2 fully saturated rings. The molecule has 1 aromatic rings. The van der Waals surface area contributed by atoms with Crippen molar-refractivity contribution in [2.45, 2.75) is 51.6 Å². The average Bonchev–Trinajstić information content (AvgIpc) is 3.97. The van der Waals surface area contributed by atoms with E-state index in [0.717, 1.165) is 0 Å². The first-order valence-corrected chi connectivity index (χ1v) is 15.3. The maximum atomic E-state index is 12.6. The molecule has 0 spiro atoms. The lowest BCUT2D eigenvalue weighted by Gasteiger charge is -2.30. The van der Waals surface area contributed by atoms with Gasteiger partial charge in [-0.3, -0.25) is 19.2 Å². The fourth-order valence-electron chi connectivity index (χ4n) is 5.43. The zero-order chi connectivity index (χ0) is 35.9. The number of esters is 4. The van der Waals surface area contributed by atoms with Gasteiger partial charge in [0, 0.05) is 11.8 Å². The smallest absolute Gasteiger partial charge is 0.407 e. The fraction of sp³-hybridized carbons (Fsp3) is 0.529. The minimum Gasteiger partial charge on any atom is -0.468 e. The summed E-state index contributed by atoms with van der Waals surface area (Å²) >= 11 is 0. The highest BCUT2D eigenvalue weighted by Crippen LogP contribution is 2.55. The summed E-state index contributed by atoms with van der Waals surface area (Å²) in [6, 6.07) is 7.17. The number of allylic oxidation sites excluding steroid dienone is 2. The third kappa shape index (κ3) is 7.97. The molecule has 4 unspecified atom stereocenters. The predicted octanol–water partition coefficient (Wildman–Crippen LogP) is 3.43. The summed E-state index contributed by atoms with van der Waals surface area (Å²) < 4.78 is 30.2. The first-order valence-electron chi connectivity index (χ1n) is 15.3. The Morgan fingerprint density at radius 3 is 1.35 bits per heavy atom. The lowest BCUT2D eigenvalue weighted by Crippen LogP contribution is -2.43. The number of carbonyl (C=O) groups is 6. The van der Waals surface area contributed by atoms with Crippen molar-refractivity contribution in [1.29, 1.82) is 0 Å². The Hall–Kier alpha value is -4.88. The van der Waals surface area contributed by atoms with Gasteiger partial charge in [-0.2, -0.15) is 0 Å². The van der Waals surface area contributed by atoms with Crippen LogP contribution in [-0.4, -0.2) is 76.7 Å². The molecule has 0 aromatic heterocycles. The molecule has 2 saturated carbocycles. The Morgan fingerprint density at radius 2 is 1.04 bits per heavy atom. The van der Waals surface area contributed by atoms with E-state index in [1.165, 1.54) is 26.4 Å². The van der Waals surface area contributed by atoms with E-state index in [1.54, 1.807) is 52.0 Å². The van der Waals surface area contributed by atoms with Gasteiger partial charge in [0.25, 0.3) is 0 Å². The van der Waals surface area contributed by atoms with Gasteiger partial charge in [-0.1, -0.05) is 36.4 Å². The van der Waals surface area contributed by atoms with Crippen molar-refractivity contribution >= 4 is 36.1 Å². The number of amides is 2. The molecule has 0 radical (unpaired) electrons. The molecule has 0 bridgehead atoms. The van der Waals surface area contributed by atoms with Crippen LogP contribution in [0.5, 0.6) is 0 Å².